The Hall–Kier alpha value is -3.37. The minimum Gasteiger partial charge on any atom is -0.465 e. The lowest BCUT2D eigenvalue weighted by molar-refractivity contribution is -0.133. The second kappa shape index (κ2) is 11.8. The minimum atomic E-state index is -3.70. The van der Waals surface area contributed by atoms with Crippen molar-refractivity contribution in [3.05, 3.63) is 65.9 Å². The van der Waals surface area contributed by atoms with Gasteiger partial charge in [-0.05, 0) is 60.0 Å². The molecule has 2 N–H and O–H groups in total. The van der Waals surface area contributed by atoms with Crippen molar-refractivity contribution in [1.82, 2.24) is 15.2 Å². The van der Waals surface area contributed by atoms with E-state index in [1.807, 2.05) is 12.1 Å². The summed E-state index contributed by atoms with van der Waals surface area (Å²) in [7, 11) is -3.70. The second-order valence-corrected chi connectivity index (χ2v) is 11.5. The molecule has 1 saturated heterocycles. The Morgan fingerprint density at radius 2 is 1.73 bits per heavy atom. The fourth-order valence-electron chi connectivity index (χ4n) is 4.66. The van der Waals surface area contributed by atoms with Gasteiger partial charge < -0.3 is 20.2 Å². The number of anilines is 1. The van der Waals surface area contributed by atoms with Crippen molar-refractivity contribution in [3.8, 4) is 0 Å². The fraction of sp³-hybridized carbons (Fsp3) is 0.346. The number of nitrogens with one attached hydrogen (secondary N) is 1. The summed E-state index contributed by atoms with van der Waals surface area (Å²) >= 11 is 6.02. The largest absolute Gasteiger partial charge is 0.465 e. The first-order valence-electron chi connectivity index (χ1n) is 12.1. The van der Waals surface area contributed by atoms with Crippen LogP contribution in [0.15, 0.2) is 65.8 Å². The number of piperidine rings is 1. The molecule has 196 valence electrons. The highest BCUT2D eigenvalue weighted by atomic mass is 35.5. The van der Waals surface area contributed by atoms with E-state index in [1.54, 1.807) is 47.6 Å². The smallest absolute Gasteiger partial charge is 0.404 e. The Morgan fingerprint density at radius 1 is 1.05 bits per heavy atom. The number of carbonyl (C=O) groups is 2. The van der Waals surface area contributed by atoms with E-state index in [0.717, 1.165) is 29.5 Å². The molecule has 0 radical (unpaired) electrons. The molecule has 1 aliphatic heterocycles. The number of fused-ring (bicyclic) bond motifs is 1. The maximum Gasteiger partial charge on any atom is 0.404 e. The molecule has 9 nitrogen and oxygen atoms in total. The highest BCUT2D eigenvalue weighted by Gasteiger charge is 2.29. The standard InChI is InChI=1S/C26H29ClN4O5S/c27-21-3-1-20-18-24(4-2-19(20)17-21)37(35,36)16-9-25(32)31(15-12-29-26(33)34)23-7-13-30(14-8-23)22-5-10-28-11-6-22/h1-6,10-11,17-18,23,29H,7-9,12-16H2,(H,33,34). The summed E-state index contributed by atoms with van der Waals surface area (Å²) in [6.45, 7) is 1.71. The quantitative estimate of drug-likeness (QED) is 0.420. The van der Waals surface area contributed by atoms with Crippen molar-refractivity contribution in [2.24, 2.45) is 0 Å². The van der Waals surface area contributed by atoms with Gasteiger partial charge in [0.2, 0.25) is 5.91 Å². The van der Waals surface area contributed by atoms with Crippen LogP contribution >= 0.6 is 11.6 Å². The molecule has 0 aliphatic carbocycles. The number of pyridine rings is 1. The van der Waals surface area contributed by atoms with Crippen molar-refractivity contribution < 1.29 is 23.1 Å². The van der Waals surface area contributed by atoms with Crippen LogP contribution in [0.3, 0.4) is 0 Å². The van der Waals surface area contributed by atoms with E-state index in [4.69, 9.17) is 16.7 Å². The second-order valence-electron chi connectivity index (χ2n) is 8.96. The van der Waals surface area contributed by atoms with E-state index in [1.165, 1.54) is 6.07 Å². The lowest BCUT2D eigenvalue weighted by atomic mass is 10.0. The van der Waals surface area contributed by atoms with Crippen LogP contribution in [-0.4, -0.2) is 73.4 Å². The molecule has 37 heavy (non-hydrogen) atoms. The van der Waals surface area contributed by atoms with E-state index in [0.29, 0.717) is 17.9 Å². The number of nitrogens with zero attached hydrogens (tertiary/aromatic N) is 3. The first-order valence-corrected chi connectivity index (χ1v) is 14.1. The zero-order valence-corrected chi connectivity index (χ0v) is 21.8. The topological polar surface area (TPSA) is 120 Å². The first-order chi connectivity index (χ1) is 17.7. The summed E-state index contributed by atoms with van der Waals surface area (Å²) in [5, 5.41) is 13.4. The fourth-order valence-corrected chi connectivity index (χ4v) is 6.10. The van der Waals surface area contributed by atoms with Gasteiger partial charge in [-0.15, -0.1) is 0 Å². The van der Waals surface area contributed by atoms with Crippen molar-refractivity contribution >= 4 is 49.9 Å². The summed E-state index contributed by atoms with van der Waals surface area (Å²) in [6.07, 6.45) is 3.51. The van der Waals surface area contributed by atoms with Crippen LogP contribution in [0.4, 0.5) is 10.5 Å². The highest BCUT2D eigenvalue weighted by molar-refractivity contribution is 7.91. The maximum atomic E-state index is 13.2. The summed E-state index contributed by atoms with van der Waals surface area (Å²) in [5.41, 5.74) is 1.06. The molecule has 0 saturated carbocycles. The molecule has 0 atom stereocenters. The molecule has 2 amide bonds. The van der Waals surface area contributed by atoms with E-state index in [-0.39, 0.29) is 42.1 Å². The van der Waals surface area contributed by atoms with Gasteiger partial charge in [0, 0.05) is 61.7 Å². The Balaban J connectivity index is 1.42. The van der Waals surface area contributed by atoms with Gasteiger partial charge in [-0.25, -0.2) is 13.2 Å². The van der Waals surface area contributed by atoms with Crippen LogP contribution in [-0.2, 0) is 14.6 Å². The zero-order chi connectivity index (χ0) is 26.4. The molecule has 1 aliphatic rings. The van der Waals surface area contributed by atoms with Crippen LogP contribution in [0.25, 0.3) is 10.8 Å². The summed E-state index contributed by atoms with van der Waals surface area (Å²) in [4.78, 5) is 32.2. The van der Waals surface area contributed by atoms with E-state index < -0.39 is 15.9 Å². The Kier molecular flexibility index (Phi) is 8.50. The molecule has 11 heteroatoms. The monoisotopic (exact) mass is 544 g/mol. The summed E-state index contributed by atoms with van der Waals surface area (Å²) < 4.78 is 26.1. The third-order valence-electron chi connectivity index (χ3n) is 6.60. The molecule has 1 fully saturated rings. The number of aromatic nitrogens is 1. The third-order valence-corrected chi connectivity index (χ3v) is 8.55. The van der Waals surface area contributed by atoms with Crippen molar-refractivity contribution in [1.29, 1.82) is 0 Å². The van der Waals surface area contributed by atoms with Crippen LogP contribution in [0.5, 0.6) is 0 Å². The van der Waals surface area contributed by atoms with E-state index in [9.17, 15) is 18.0 Å². The van der Waals surface area contributed by atoms with Crippen molar-refractivity contribution in [2.75, 3.05) is 36.8 Å². The molecule has 3 aromatic rings. The average Bonchev–Trinajstić information content (AvgIpc) is 2.90. The summed E-state index contributed by atoms with van der Waals surface area (Å²) in [6, 6.07) is 13.8. The number of rotatable bonds is 9. The minimum absolute atomic E-state index is 0.0750. The molecule has 1 aromatic heterocycles. The van der Waals surface area contributed by atoms with Crippen LogP contribution < -0.4 is 10.2 Å². The van der Waals surface area contributed by atoms with E-state index >= 15 is 0 Å². The Labute approximate surface area is 221 Å². The normalized spacial score (nSPS) is 14.5. The Morgan fingerprint density at radius 3 is 2.43 bits per heavy atom. The number of amides is 2. The molecule has 2 heterocycles. The predicted molar refractivity (Wildman–Crippen MR) is 143 cm³/mol. The SMILES string of the molecule is O=C(O)NCCN(C(=O)CCS(=O)(=O)c1ccc2cc(Cl)ccc2c1)C1CCN(c2ccncc2)CC1. The van der Waals surface area contributed by atoms with E-state index in [2.05, 4.69) is 15.2 Å². The first kappa shape index (κ1) is 26.7. The van der Waals surface area contributed by atoms with Gasteiger partial charge in [-0.1, -0.05) is 23.7 Å². The molecule has 0 bridgehead atoms. The van der Waals surface area contributed by atoms with Gasteiger partial charge in [-0.2, -0.15) is 0 Å². The van der Waals surface area contributed by atoms with Gasteiger partial charge in [0.1, 0.15) is 0 Å². The molecule has 0 unspecified atom stereocenters. The number of hydrogen-bond donors (Lipinski definition) is 2. The van der Waals surface area contributed by atoms with Gasteiger partial charge in [0.05, 0.1) is 10.6 Å². The lowest BCUT2D eigenvalue weighted by Gasteiger charge is -2.39. The predicted octanol–water partition coefficient (Wildman–Crippen LogP) is 3.82. The number of halogens is 1. The lowest BCUT2D eigenvalue weighted by Crippen LogP contribution is -2.50. The number of carbonyl (C=O) groups excluding carboxylic acids is 1. The highest BCUT2D eigenvalue weighted by Crippen LogP contribution is 2.25. The zero-order valence-electron chi connectivity index (χ0n) is 20.2. The molecule has 0 spiro atoms. The number of sulfone groups is 1. The van der Waals surface area contributed by atoms with Crippen LogP contribution in [0.1, 0.15) is 19.3 Å². The molecule has 4 rings (SSSR count). The Bertz CT molecular complexity index is 1360. The average molecular weight is 545 g/mol. The van der Waals surface area contributed by atoms with Gasteiger partial charge in [0.25, 0.3) is 0 Å². The number of benzene rings is 2. The van der Waals surface area contributed by atoms with Crippen LogP contribution in [0.2, 0.25) is 5.02 Å². The van der Waals surface area contributed by atoms with Crippen molar-refractivity contribution in [2.45, 2.75) is 30.2 Å². The molecule has 2 aromatic carbocycles. The summed E-state index contributed by atoms with van der Waals surface area (Å²) in [5.74, 6) is -0.630. The number of carboxylic acid groups (broad SMARTS) is 1. The number of hydrogen-bond acceptors (Lipinski definition) is 6. The molecular formula is C26H29ClN4O5S. The molecular weight excluding hydrogens is 516 g/mol. The van der Waals surface area contributed by atoms with Crippen molar-refractivity contribution in [3.63, 3.8) is 0 Å². The van der Waals surface area contributed by atoms with Gasteiger partial charge in [0.15, 0.2) is 9.84 Å². The van der Waals surface area contributed by atoms with Crippen LogP contribution in [0, 0.1) is 0 Å². The van der Waals surface area contributed by atoms with Gasteiger partial charge in [-0.3, -0.25) is 9.78 Å². The van der Waals surface area contributed by atoms with Gasteiger partial charge >= 0.3 is 6.09 Å². The maximum absolute atomic E-state index is 13.2. The third kappa shape index (κ3) is 6.90.